The van der Waals surface area contributed by atoms with E-state index in [0.717, 1.165) is 12.0 Å². The van der Waals surface area contributed by atoms with E-state index in [1.165, 1.54) is 0 Å². The van der Waals surface area contributed by atoms with Crippen LogP contribution in [-0.2, 0) is 0 Å². The molecule has 1 aliphatic carbocycles. The van der Waals surface area contributed by atoms with Gasteiger partial charge in [-0.1, -0.05) is 19.1 Å². The number of rotatable bonds is 2. The smallest absolute Gasteiger partial charge is 0.0525 e. The third-order valence-corrected chi connectivity index (χ3v) is 2.23. The van der Waals surface area contributed by atoms with Gasteiger partial charge in [0, 0.05) is 12.0 Å². The van der Waals surface area contributed by atoms with Gasteiger partial charge >= 0.3 is 0 Å². The van der Waals surface area contributed by atoms with Gasteiger partial charge in [0.1, 0.15) is 0 Å². The van der Waals surface area contributed by atoms with Crippen LogP contribution in [0.1, 0.15) is 13.3 Å². The zero-order valence-electron chi connectivity index (χ0n) is 6.80. The molecule has 0 amide bonds. The molecule has 1 atom stereocenters. The number of aliphatic hydroxyl groups excluding tert-OH is 1. The van der Waals surface area contributed by atoms with Crippen LogP contribution >= 0.6 is 0 Å². The zero-order valence-corrected chi connectivity index (χ0v) is 6.80. The van der Waals surface area contributed by atoms with Crippen LogP contribution in [0.5, 0.6) is 0 Å². The molecule has 0 spiro atoms. The summed E-state index contributed by atoms with van der Waals surface area (Å²) in [5.74, 6) is 0. The molecule has 0 aromatic rings. The van der Waals surface area contributed by atoms with Crippen molar-refractivity contribution in [3.8, 4) is 0 Å². The predicted molar refractivity (Wildman–Crippen MR) is 44.8 cm³/mol. The van der Waals surface area contributed by atoms with Crippen molar-refractivity contribution < 1.29 is 5.11 Å². The van der Waals surface area contributed by atoms with Crippen LogP contribution in [0, 0.1) is 11.5 Å². The maximum Gasteiger partial charge on any atom is 0.0525 e. The Hall–Kier alpha value is -0.600. The monoisotopic (exact) mass is 152 g/mol. The molecule has 1 unspecified atom stereocenters. The standard InChI is InChI=1S/C9H14NO/c1-9(7-11)5-3-2-4-8(9)6-10/h2-3,11H,5-7,10H2,1H3. The van der Waals surface area contributed by atoms with Crippen molar-refractivity contribution in [3.63, 3.8) is 0 Å². The number of nitrogens with two attached hydrogens (primary N) is 1. The van der Waals surface area contributed by atoms with Gasteiger partial charge in [0.25, 0.3) is 0 Å². The first-order chi connectivity index (χ1) is 5.23. The molecule has 0 fully saturated rings. The molecule has 0 saturated carbocycles. The summed E-state index contributed by atoms with van der Waals surface area (Å²) in [6.07, 6.45) is 7.81. The molecule has 0 bridgehead atoms. The summed E-state index contributed by atoms with van der Waals surface area (Å²) in [7, 11) is 0. The Morgan fingerprint density at radius 1 is 1.82 bits per heavy atom. The predicted octanol–water partition coefficient (Wildman–Crippen LogP) is 0.633. The third kappa shape index (κ3) is 1.52. The molecule has 0 aromatic heterocycles. The molecule has 0 saturated heterocycles. The summed E-state index contributed by atoms with van der Waals surface area (Å²) in [4.78, 5) is 0. The summed E-state index contributed by atoms with van der Waals surface area (Å²) in [5.41, 5.74) is 6.36. The fourth-order valence-corrected chi connectivity index (χ4v) is 1.24. The lowest BCUT2D eigenvalue weighted by molar-refractivity contribution is 0.173. The van der Waals surface area contributed by atoms with Crippen LogP contribution in [0.4, 0.5) is 0 Å². The molecule has 1 rings (SSSR count). The first kappa shape index (κ1) is 8.50. The molecule has 61 valence electrons. The van der Waals surface area contributed by atoms with Crippen molar-refractivity contribution in [1.82, 2.24) is 0 Å². The largest absolute Gasteiger partial charge is 0.395 e. The molecule has 0 aromatic carbocycles. The molecular weight excluding hydrogens is 138 g/mol. The Labute approximate surface area is 67.4 Å². The Morgan fingerprint density at radius 2 is 2.55 bits per heavy atom. The van der Waals surface area contributed by atoms with Crippen molar-refractivity contribution in [2.75, 3.05) is 13.2 Å². The third-order valence-electron chi connectivity index (χ3n) is 2.23. The van der Waals surface area contributed by atoms with E-state index < -0.39 is 0 Å². The van der Waals surface area contributed by atoms with Crippen LogP contribution in [0.2, 0.25) is 0 Å². The second kappa shape index (κ2) is 3.20. The fraction of sp³-hybridized carbons (Fsp3) is 0.556. The molecule has 2 nitrogen and oxygen atoms in total. The minimum absolute atomic E-state index is 0.150. The molecule has 0 heterocycles. The number of allylic oxidation sites excluding steroid dienone is 3. The summed E-state index contributed by atoms with van der Waals surface area (Å²) in [5, 5.41) is 9.10. The summed E-state index contributed by atoms with van der Waals surface area (Å²) >= 11 is 0. The van der Waals surface area contributed by atoms with E-state index in [9.17, 15) is 0 Å². The highest BCUT2D eigenvalue weighted by atomic mass is 16.3. The quantitative estimate of drug-likeness (QED) is 0.609. The normalized spacial score (nSPS) is 30.3. The van der Waals surface area contributed by atoms with Gasteiger partial charge in [-0.05, 0) is 18.1 Å². The molecule has 3 N–H and O–H groups in total. The van der Waals surface area contributed by atoms with Crippen molar-refractivity contribution >= 4 is 0 Å². The molecule has 2 heteroatoms. The van der Waals surface area contributed by atoms with E-state index >= 15 is 0 Å². The van der Waals surface area contributed by atoms with Crippen LogP contribution in [0.25, 0.3) is 0 Å². The van der Waals surface area contributed by atoms with Gasteiger partial charge in [0.15, 0.2) is 0 Å². The van der Waals surface area contributed by atoms with Gasteiger partial charge < -0.3 is 10.8 Å². The van der Waals surface area contributed by atoms with Crippen LogP contribution < -0.4 is 5.73 Å². The second-order valence-electron chi connectivity index (χ2n) is 3.15. The highest BCUT2D eigenvalue weighted by Gasteiger charge is 2.27. The molecular formula is C9H14NO. The van der Waals surface area contributed by atoms with E-state index in [0.29, 0.717) is 6.54 Å². The Kier molecular flexibility index (Phi) is 2.47. The summed E-state index contributed by atoms with van der Waals surface area (Å²) in [6.45, 7) is 2.64. The maximum atomic E-state index is 9.10. The fourth-order valence-electron chi connectivity index (χ4n) is 1.24. The van der Waals surface area contributed by atoms with Crippen LogP contribution in [0.3, 0.4) is 0 Å². The van der Waals surface area contributed by atoms with Crippen LogP contribution in [0.15, 0.2) is 17.7 Å². The van der Waals surface area contributed by atoms with E-state index in [2.05, 4.69) is 6.08 Å². The second-order valence-corrected chi connectivity index (χ2v) is 3.15. The number of aliphatic hydroxyl groups is 1. The average Bonchev–Trinajstić information content (AvgIpc) is 2.05. The SMILES string of the molecule is CC1(CO)CC=C[C]=C1CN. The first-order valence-electron chi connectivity index (χ1n) is 3.82. The Balaban J connectivity index is 2.82. The minimum atomic E-state index is -0.163. The lowest BCUT2D eigenvalue weighted by Crippen LogP contribution is -2.29. The zero-order chi connectivity index (χ0) is 8.32. The lowest BCUT2D eigenvalue weighted by Gasteiger charge is -2.30. The lowest BCUT2D eigenvalue weighted by atomic mass is 9.77. The van der Waals surface area contributed by atoms with Crippen molar-refractivity contribution in [1.29, 1.82) is 0 Å². The van der Waals surface area contributed by atoms with E-state index in [-0.39, 0.29) is 12.0 Å². The molecule has 11 heavy (non-hydrogen) atoms. The topological polar surface area (TPSA) is 46.2 Å². The molecule has 1 aliphatic rings. The van der Waals surface area contributed by atoms with Gasteiger partial charge in [-0.3, -0.25) is 0 Å². The number of hydrogen-bond acceptors (Lipinski definition) is 2. The van der Waals surface area contributed by atoms with Crippen LogP contribution in [-0.4, -0.2) is 18.3 Å². The van der Waals surface area contributed by atoms with Crippen molar-refractivity contribution in [3.05, 3.63) is 23.8 Å². The van der Waals surface area contributed by atoms with Gasteiger partial charge in [-0.15, -0.1) is 0 Å². The highest BCUT2D eigenvalue weighted by molar-refractivity contribution is 5.22. The van der Waals surface area contributed by atoms with E-state index in [1.807, 2.05) is 19.1 Å². The number of hydrogen-bond donors (Lipinski definition) is 2. The first-order valence-corrected chi connectivity index (χ1v) is 3.82. The average molecular weight is 152 g/mol. The highest BCUT2D eigenvalue weighted by Crippen LogP contribution is 2.32. The summed E-state index contributed by atoms with van der Waals surface area (Å²) < 4.78 is 0. The molecule has 0 aliphatic heterocycles. The Morgan fingerprint density at radius 3 is 3.00 bits per heavy atom. The van der Waals surface area contributed by atoms with Gasteiger partial charge in [0.2, 0.25) is 0 Å². The van der Waals surface area contributed by atoms with Crippen molar-refractivity contribution in [2.45, 2.75) is 13.3 Å². The van der Waals surface area contributed by atoms with Gasteiger partial charge in [0.05, 0.1) is 6.61 Å². The summed E-state index contributed by atoms with van der Waals surface area (Å²) in [6, 6.07) is 0. The molecule has 1 radical (unpaired) electrons. The van der Waals surface area contributed by atoms with Crippen molar-refractivity contribution in [2.24, 2.45) is 11.1 Å². The van der Waals surface area contributed by atoms with E-state index in [1.54, 1.807) is 0 Å². The minimum Gasteiger partial charge on any atom is -0.395 e. The Bertz CT molecular complexity index is 196. The van der Waals surface area contributed by atoms with Gasteiger partial charge in [-0.25, -0.2) is 0 Å². The maximum absolute atomic E-state index is 9.10. The van der Waals surface area contributed by atoms with Gasteiger partial charge in [-0.2, -0.15) is 0 Å². The van der Waals surface area contributed by atoms with E-state index in [4.69, 9.17) is 10.8 Å².